The van der Waals surface area contributed by atoms with Crippen molar-refractivity contribution in [1.29, 1.82) is 0 Å². The number of carbonyl (C=O) groups excluding carboxylic acids is 1. The van der Waals surface area contributed by atoms with Gasteiger partial charge in [-0.15, -0.1) is 24.8 Å². The van der Waals surface area contributed by atoms with Crippen LogP contribution in [0.3, 0.4) is 0 Å². The summed E-state index contributed by atoms with van der Waals surface area (Å²) in [7, 11) is 0. The molecular weight excluding hydrogens is 511 g/mol. The molecule has 0 atom stereocenters. The Hall–Kier alpha value is -4.47. The average molecular weight is 535 g/mol. The van der Waals surface area contributed by atoms with Crippen LogP contribution in [0, 0.1) is 6.92 Å². The van der Waals surface area contributed by atoms with Crippen LogP contribution in [-0.2, 0) is 0 Å². The van der Waals surface area contributed by atoms with Gasteiger partial charge in [0.25, 0.3) is 5.91 Å². The number of nitrogens with zero attached hydrogens (tertiary/aromatic N) is 4. The van der Waals surface area contributed by atoms with E-state index in [0.717, 1.165) is 28.0 Å². The Labute approximate surface area is 225 Å². The van der Waals surface area contributed by atoms with Gasteiger partial charge in [-0.1, -0.05) is 18.2 Å². The van der Waals surface area contributed by atoms with Gasteiger partial charge < -0.3 is 21.7 Å². The minimum Gasteiger partial charge on any atom is -0.368 e. The van der Waals surface area contributed by atoms with Gasteiger partial charge in [0.15, 0.2) is 0 Å². The number of aromatic nitrogens is 4. The number of rotatable bonds is 6. The molecule has 9 nitrogen and oxygen atoms in total. The Morgan fingerprint density at radius 3 is 2.30 bits per heavy atom. The van der Waals surface area contributed by atoms with Crippen molar-refractivity contribution < 1.29 is 4.79 Å². The van der Waals surface area contributed by atoms with E-state index in [9.17, 15) is 4.79 Å². The van der Waals surface area contributed by atoms with Gasteiger partial charge in [0.1, 0.15) is 11.6 Å². The number of nitrogen functional groups attached to an aromatic ring is 1. The molecule has 0 aliphatic carbocycles. The van der Waals surface area contributed by atoms with Crippen molar-refractivity contribution in [2.45, 2.75) is 6.92 Å². The molecule has 188 valence electrons. The second-order valence-corrected chi connectivity index (χ2v) is 7.84. The number of aryl methyl sites for hydroxylation is 1. The molecule has 2 aromatic carbocycles. The van der Waals surface area contributed by atoms with Crippen molar-refractivity contribution in [3.63, 3.8) is 0 Å². The third kappa shape index (κ3) is 6.60. The summed E-state index contributed by atoms with van der Waals surface area (Å²) >= 11 is 0. The van der Waals surface area contributed by atoms with Crippen LogP contribution in [0.25, 0.3) is 10.9 Å². The maximum Gasteiger partial charge on any atom is 0.255 e. The molecule has 0 bridgehead atoms. The van der Waals surface area contributed by atoms with Crippen molar-refractivity contribution in [3.05, 3.63) is 96.4 Å². The molecule has 11 heteroatoms. The smallest absolute Gasteiger partial charge is 0.255 e. The molecule has 0 spiro atoms. The van der Waals surface area contributed by atoms with Crippen molar-refractivity contribution in [2.24, 2.45) is 0 Å². The van der Waals surface area contributed by atoms with Crippen LogP contribution in [0.2, 0.25) is 0 Å². The van der Waals surface area contributed by atoms with Gasteiger partial charge in [-0.05, 0) is 55.5 Å². The molecule has 3 heterocycles. The zero-order valence-corrected chi connectivity index (χ0v) is 21.3. The number of benzene rings is 2. The van der Waals surface area contributed by atoms with E-state index < -0.39 is 0 Å². The highest BCUT2D eigenvalue weighted by atomic mass is 35.5. The quantitative estimate of drug-likeness (QED) is 0.212. The molecule has 1 amide bonds. The van der Waals surface area contributed by atoms with E-state index in [4.69, 9.17) is 5.73 Å². The molecule has 0 saturated heterocycles. The molecule has 5 rings (SSSR count). The number of carbonyl (C=O) groups is 1. The molecule has 5 aromatic rings. The summed E-state index contributed by atoms with van der Waals surface area (Å²) in [4.78, 5) is 29.6. The Balaban J connectivity index is 0.00000190. The van der Waals surface area contributed by atoms with Crippen LogP contribution in [0.15, 0.2) is 85.2 Å². The molecule has 0 aliphatic rings. The molecule has 37 heavy (non-hydrogen) atoms. The summed E-state index contributed by atoms with van der Waals surface area (Å²) in [5.74, 6) is 1.08. The standard InChI is InChI=1S/C26H22N8O.2ClH/c1-16-14-24(34-26(27)30-16)33-23-11-10-19(15-29-23)32-25(35)17-6-8-18(9-7-17)31-22-12-13-28-21-5-3-2-4-20(21)22;;/h2-15H,1H3,(H,28,31)(H,32,35)(H3,27,29,30,33,34);2*1H. The number of fused-ring (bicyclic) bond motifs is 1. The van der Waals surface area contributed by atoms with E-state index in [1.165, 1.54) is 0 Å². The number of halogens is 2. The maximum atomic E-state index is 12.7. The van der Waals surface area contributed by atoms with Gasteiger partial charge in [-0.3, -0.25) is 9.78 Å². The number of nitrogens with one attached hydrogen (secondary N) is 3. The highest BCUT2D eigenvalue weighted by Gasteiger charge is 2.08. The van der Waals surface area contributed by atoms with E-state index in [-0.39, 0.29) is 36.7 Å². The normalized spacial score (nSPS) is 10.1. The average Bonchev–Trinajstić information content (AvgIpc) is 2.85. The van der Waals surface area contributed by atoms with Crippen molar-refractivity contribution in [1.82, 2.24) is 19.9 Å². The second kappa shape index (κ2) is 12.0. The summed E-state index contributed by atoms with van der Waals surface area (Å²) < 4.78 is 0. The number of hydrogen-bond donors (Lipinski definition) is 4. The summed E-state index contributed by atoms with van der Waals surface area (Å²) in [5, 5.41) is 10.3. The first-order valence-corrected chi connectivity index (χ1v) is 10.9. The fraction of sp³-hybridized carbons (Fsp3) is 0.0385. The molecule has 0 radical (unpaired) electrons. The van der Waals surface area contributed by atoms with E-state index >= 15 is 0 Å². The molecule has 0 fully saturated rings. The Morgan fingerprint density at radius 1 is 0.811 bits per heavy atom. The lowest BCUT2D eigenvalue weighted by Gasteiger charge is -2.11. The Morgan fingerprint density at radius 2 is 1.57 bits per heavy atom. The third-order valence-corrected chi connectivity index (χ3v) is 5.22. The van der Waals surface area contributed by atoms with E-state index in [1.807, 2.05) is 49.4 Å². The number of anilines is 6. The van der Waals surface area contributed by atoms with Gasteiger partial charge in [0.2, 0.25) is 5.95 Å². The van der Waals surface area contributed by atoms with Crippen LogP contribution in [-0.4, -0.2) is 25.8 Å². The first kappa shape index (κ1) is 27.1. The van der Waals surface area contributed by atoms with Gasteiger partial charge in [0.05, 0.1) is 17.4 Å². The van der Waals surface area contributed by atoms with Crippen LogP contribution < -0.4 is 21.7 Å². The first-order chi connectivity index (χ1) is 17.0. The zero-order chi connectivity index (χ0) is 24.2. The maximum absolute atomic E-state index is 12.7. The highest BCUT2D eigenvalue weighted by Crippen LogP contribution is 2.25. The monoisotopic (exact) mass is 534 g/mol. The minimum absolute atomic E-state index is 0. The van der Waals surface area contributed by atoms with Gasteiger partial charge in [0, 0.05) is 40.3 Å². The molecule has 0 saturated carbocycles. The van der Waals surface area contributed by atoms with Crippen LogP contribution in [0.1, 0.15) is 16.1 Å². The lowest BCUT2D eigenvalue weighted by atomic mass is 10.1. The highest BCUT2D eigenvalue weighted by molar-refractivity contribution is 6.04. The largest absolute Gasteiger partial charge is 0.368 e. The number of amides is 1. The molecule has 0 aliphatic heterocycles. The molecule has 0 unspecified atom stereocenters. The molecule has 5 N–H and O–H groups in total. The number of hydrogen-bond acceptors (Lipinski definition) is 8. The fourth-order valence-electron chi connectivity index (χ4n) is 3.60. The predicted molar refractivity (Wildman–Crippen MR) is 153 cm³/mol. The fourth-order valence-corrected chi connectivity index (χ4v) is 3.60. The summed E-state index contributed by atoms with van der Waals surface area (Å²) in [6, 6.07) is 22.4. The lowest BCUT2D eigenvalue weighted by molar-refractivity contribution is 0.102. The zero-order valence-electron chi connectivity index (χ0n) is 19.7. The van der Waals surface area contributed by atoms with E-state index in [1.54, 1.807) is 42.7 Å². The van der Waals surface area contributed by atoms with Crippen molar-refractivity contribution >= 4 is 76.3 Å². The van der Waals surface area contributed by atoms with E-state index in [0.29, 0.717) is 22.9 Å². The topological polar surface area (TPSA) is 131 Å². The summed E-state index contributed by atoms with van der Waals surface area (Å²) in [6.07, 6.45) is 3.34. The van der Waals surface area contributed by atoms with Crippen LogP contribution >= 0.6 is 24.8 Å². The van der Waals surface area contributed by atoms with Gasteiger partial charge >= 0.3 is 0 Å². The lowest BCUT2D eigenvalue weighted by Crippen LogP contribution is -2.12. The van der Waals surface area contributed by atoms with Gasteiger partial charge in [-0.25, -0.2) is 9.97 Å². The minimum atomic E-state index is -0.229. The second-order valence-electron chi connectivity index (χ2n) is 7.84. The van der Waals surface area contributed by atoms with Crippen molar-refractivity contribution in [3.8, 4) is 0 Å². The molecule has 3 aromatic heterocycles. The Bertz CT molecular complexity index is 1490. The summed E-state index contributed by atoms with van der Waals surface area (Å²) in [5.41, 5.74) is 10.3. The van der Waals surface area contributed by atoms with E-state index in [2.05, 4.69) is 35.9 Å². The van der Waals surface area contributed by atoms with Crippen LogP contribution in [0.5, 0.6) is 0 Å². The first-order valence-electron chi connectivity index (χ1n) is 10.9. The predicted octanol–water partition coefficient (Wildman–Crippen LogP) is 5.89. The third-order valence-electron chi connectivity index (χ3n) is 5.22. The number of pyridine rings is 2. The molecular formula is C26H24Cl2N8O. The number of para-hydroxylation sites is 1. The number of nitrogens with two attached hydrogens (primary N) is 1. The Kier molecular flexibility index (Phi) is 8.78. The summed E-state index contributed by atoms with van der Waals surface area (Å²) in [6.45, 7) is 1.83. The van der Waals surface area contributed by atoms with Crippen LogP contribution in [0.4, 0.5) is 34.6 Å². The SMILES string of the molecule is Cc1cc(Nc2ccc(NC(=O)c3ccc(Nc4ccnc5ccccc45)cc3)cn2)nc(N)n1.Cl.Cl. The van der Waals surface area contributed by atoms with Crippen molar-refractivity contribution in [2.75, 3.05) is 21.7 Å². The van der Waals surface area contributed by atoms with Gasteiger partial charge in [-0.2, -0.15) is 4.98 Å².